The third kappa shape index (κ3) is 3.77. The number of likely N-dealkylation sites (N-methyl/N-ethyl adjacent to an activating group) is 1. The van der Waals surface area contributed by atoms with Crippen LogP contribution < -0.4 is 0 Å². The first-order valence-electron chi connectivity index (χ1n) is 7.35. The highest BCUT2D eigenvalue weighted by Crippen LogP contribution is 2.14. The molecular weight excluding hydrogens is 294 g/mol. The first-order chi connectivity index (χ1) is 10.8. The van der Waals surface area contributed by atoms with Crippen LogP contribution in [0, 0.1) is 13.8 Å². The van der Waals surface area contributed by atoms with Gasteiger partial charge in [0.2, 0.25) is 5.91 Å². The number of hydrogen-bond acceptors (Lipinski definition) is 3. The number of carbonyl (C=O) groups excluding carboxylic acids is 1. The minimum absolute atomic E-state index is 0.00603. The maximum absolute atomic E-state index is 12.4. The van der Waals surface area contributed by atoms with Crippen LogP contribution in [0.3, 0.4) is 0 Å². The molecule has 1 heterocycles. The molecule has 0 saturated carbocycles. The molecule has 0 radical (unpaired) electrons. The molecule has 1 aromatic heterocycles. The molecule has 0 atom stereocenters. The van der Waals surface area contributed by atoms with Crippen molar-refractivity contribution in [1.82, 2.24) is 14.7 Å². The van der Waals surface area contributed by atoms with Gasteiger partial charge < -0.3 is 10.0 Å². The molecular formula is C17H21N3O3. The fourth-order valence-corrected chi connectivity index (χ4v) is 2.47. The number of benzene rings is 1. The SMILES string of the molecule is Cc1nn(C)c(C)c1CC(=O)N(C)Cc1ccc(C(=O)O)cc1. The van der Waals surface area contributed by atoms with Crippen molar-refractivity contribution in [2.24, 2.45) is 7.05 Å². The molecule has 0 bridgehead atoms. The van der Waals surface area contributed by atoms with Crippen LogP contribution in [0.2, 0.25) is 0 Å². The summed E-state index contributed by atoms with van der Waals surface area (Å²) in [6, 6.07) is 6.55. The van der Waals surface area contributed by atoms with Gasteiger partial charge in [0.15, 0.2) is 0 Å². The lowest BCUT2D eigenvalue weighted by atomic mass is 10.1. The fourth-order valence-electron chi connectivity index (χ4n) is 2.47. The van der Waals surface area contributed by atoms with Gasteiger partial charge in [-0.2, -0.15) is 5.10 Å². The Morgan fingerprint density at radius 3 is 2.30 bits per heavy atom. The Balaban J connectivity index is 2.03. The zero-order valence-electron chi connectivity index (χ0n) is 13.8. The van der Waals surface area contributed by atoms with E-state index in [0.717, 1.165) is 22.5 Å². The summed E-state index contributed by atoms with van der Waals surface area (Å²) in [5, 5.41) is 13.2. The average molecular weight is 315 g/mol. The maximum Gasteiger partial charge on any atom is 0.335 e. The van der Waals surface area contributed by atoms with Crippen LogP contribution in [-0.2, 0) is 24.8 Å². The number of aryl methyl sites for hydroxylation is 2. The lowest BCUT2D eigenvalue weighted by molar-refractivity contribution is -0.129. The highest BCUT2D eigenvalue weighted by molar-refractivity contribution is 5.87. The summed E-state index contributed by atoms with van der Waals surface area (Å²) in [7, 11) is 3.61. The van der Waals surface area contributed by atoms with Crippen LogP contribution in [0.5, 0.6) is 0 Å². The maximum atomic E-state index is 12.4. The number of amides is 1. The molecule has 1 aromatic carbocycles. The van der Waals surface area contributed by atoms with E-state index in [1.165, 1.54) is 0 Å². The quantitative estimate of drug-likeness (QED) is 0.915. The summed E-state index contributed by atoms with van der Waals surface area (Å²) in [5.41, 5.74) is 3.97. The molecule has 122 valence electrons. The molecule has 6 nitrogen and oxygen atoms in total. The monoisotopic (exact) mass is 315 g/mol. The third-order valence-corrected chi connectivity index (χ3v) is 4.03. The molecule has 0 aliphatic heterocycles. The van der Waals surface area contributed by atoms with E-state index in [9.17, 15) is 9.59 Å². The Kier molecular flexibility index (Phi) is 4.83. The van der Waals surface area contributed by atoms with E-state index in [4.69, 9.17) is 5.11 Å². The molecule has 23 heavy (non-hydrogen) atoms. The highest BCUT2D eigenvalue weighted by atomic mass is 16.4. The Morgan fingerprint density at radius 2 is 1.83 bits per heavy atom. The summed E-state index contributed by atoms with van der Waals surface area (Å²) in [4.78, 5) is 24.9. The van der Waals surface area contributed by atoms with E-state index in [0.29, 0.717) is 13.0 Å². The zero-order chi connectivity index (χ0) is 17.1. The number of rotatable bonds is 5. The zero-order valence-corrected chi connectivity index (χ0v) is 13.8. The van der Waals surface area contributed by atoms with E-state index in [-0.39, 0.29) is 11.5 Å². The number of carboxylic acids is 1. The third-order valence-electron chi connectivity index (χ3n) is 4.03. The van der Waals surface area contributed by atoms with Gasteiger partial charge in [0.25, 0.3) is 0 Å². The van der Waals surface area contributed by atoms with E-state index in [1.54, 1.807) is 40.9 Å². The van der Waals surface area contributed by atoms with Gasteiger partial charge in [0, 0.05) is 31.9 Å². The summed E-state index contributed by atoms with van der Waals surface area (Å²) in [5.74, 6) is -0.949. The lowest BCUT2D eigenvalue weighted by Crippen LogP contribution is -2.28. The van der Waals surface area contributed by atoms with Crippen molar-refractivity contribution in [1.29, 1.82) is 0 Å². The topological polar surface area (TPSA) is 75.4 Å². The number of aromatic carboxylic acids is 1. The highest BCUT2D eigenvalue weighted by Gasteiger charge is 2.16. The Labute approximate surface area is 135 Å². The molecule has 6 heteroatoms. The van der Waals surface area contributed by atoms with E-state index < -0.39 is 5.97 Å². The van der Waals surface area contributed by atoms with Crippen LogP contribution in [-0.4, -0.2) is 38.7 Å². The standard InChI is InChI=1S/C17H21N3O3/c1-11-15(12(2)20(4)18-11)9-16(21)19(3)10-13-5-7-14(8-6-13)17(22)23/h5-8H,9-10H2,1-4H3,(H,22,23). The first kappa shape index (κ1) is 16.7. The normalized spacial score (nSPS) is 10.6. The van der Waals surface area contributed by atoms with Crippen LogP contribution in [0.15, 0.2) is 24.3 Å². The summed E-state index contributed by atoms with van der Waals surface area (Å²) in [6.07, 6.45) is 0.315. The molecule has 0 fully saturated rings. The summed E-state index contributed by atoms with van der Waals surface area (Å²) < 4.78 is 1.78. The van der Waals surface area contributed by atoms with Gasteiger partial charge in [-0.05, 0) is 31.5 Å². The minimum atomic E-state index is -0.955. The van der Waals surface area contributed by atoms with E-state index >= 15 is 0 Å². The van der Waals surface area contributed by atoms with Gasteiger partial charge in [-0.15, -0.1) is 0 Å². The Hall–Kier alpha value is -2.63. The number of nitrogens with zero attached hydrogens (tertiary/aromatic N) is 3. The van der Waals surface area contributed by atoms with Crippen LogP contribution in [0.4, 0.5) is 0 Å². The van der Waals surface area contributed by atoms with Crippen molar-refractivity contribution in [3.63, 3.8) is 0 Å². The van der Waals surface area contributed by atoms with Gasteiger partial charge in [-0.25, -0.2) is 4.79 Å². The van der Waals surface area contributed by atoms with Gasteiger partial charge >= 0.3 is 5.97 Å². The second-order valence-corrected chi connectivity index (χ2v) is 5.70. The number of hydrogen-bond donors (Lipinski definition) is 1. The molecule has 0 unspecified atom stereocenters. The number of carbonyl (C=O) groups is 2. The molecule has 1 amide bonds. The van der Waals surface area contributed by atoms with Crippen molar-refractivity contribution < 1.29 is 14.7 Å². The molecule has 1 N–H and O–H groups in total. The summed E-state index contributed by atoms with van der Waals surface area (Å²) >= 11 is 0. The average Bonchev–Trinajstić information content (AvgIpc) is 2.74. The fraction of sp³-hybridized carbons (Fsp3) is 0.353. The van der Waals surface area contributed by atoms with Crippen molar-refractivity contribution >= 4 is 11.9 Å². The molecule has 0 aliphatic carbocycles. The van der Waals surface area contributed by atoms with Crippen LogP contribution in [0.25, 0.3) is 0 Å². The van der Waals surface area contributed by atoms with Crippen molar-refractivity contribution in [2.45, 2.75) is 26.8 Å². The van der Waals surface area contributed by atoms with Crippen molar-refractivity contribution in [3.8, 4) is 0 Å². The lowest BCUT2D eigenvalue weighted by Gasteiger charge is -2.17. The van der Waals surface area contributed by atoms with Gasteiger partial charge in [-0.1, -0.05) is 12.1 Å². The summed E-state index contributed by atoms with van der Waals surface area (Å²) in [6.45, 7) is 4.30. The largest absolute Gasteiger partial charge is 0.478 e. The van der Waals surface area contributed by atoms with Crippen LogP contribution in [0.1, 0.15) is 32.9 Å². The first-order valence-corrected chi connectivity index (χ1v) is 7.35. The Morgan fingerprint density at radius 1 is 1.22 bits per heavy atom. The predicted octanol–water partition coefficient (Wildman–Crippen LogP) is 1.94. The van der Waals surface area contributed by atoms with Gasteiger partial charge in [0.05, 0.1) is 17.7 Å². The van der Waals surface area contributed by atoms with Crippen molar-refractivity contribution in [2.75, 3.05) is 7.05 Å². The second kappa shape index (κ2) is 6.64. The molecule has 2 aromatic rings. The van der Waals surface area contributed by atoms with Gasteiger partial charge in [-0.3, -0.25) is 9.48 Å². The number of carboxylic acid groups (broad SMARTS) is 1. The number of aromatic nitrogens is 2. The van der Waals surface area contributed by atoms with Crippen LogP contribution >= 0.6 is 0 Å². The molecule has 2 rings (SSSR count). The molecule has 0 saturated heterocycles. The second-order valence-electron chi connectivity index (χ2n) is 5.70. The van der Waals surface area contributed by atoms with E-state index in [2.05, 4.69) is 5.10 Å². The van der Waals surface area contributed by atoms with E-state index in [1.807, 2.05) is 20.9 Å². The minimum Gasteiger partial charge on any atom is -0.478 e. The predicted molar refractivity (Wildman–Crippen MR) is 86.3 cm³/mol. The Bertz CT molecular complexity index is 732. The molecule has 0 aliphatic rings. The van der Waals surface area contributed by atoms with Crippen molar-refractivity contribution in [3.05, 3.63) is 52.3 Å². The molecule has 0 spiro atoms. The van der Waals surface area contributed by atoms with Gasteiger partial charge in [0.1, 0.15) is 0 Å². The smallest absolute Gasteiger partial charge is 0.335 e.